The second-order valence-corrected chi connectivity index (χ2v) is 7.17. The highest BCUT2D eigenvalue weighted by molar-refractivity contribution is 9.10. The van der Waals surface area contributed by atoms with E-state index in [9.17, 15) is 25.0 Å². The Hall–Kier alpha value is -4.23. The Morgan fingerprint density at radius 1 is 1.19 bits per heavy atom. The minimum Gasteiger partial charge on any atom is -0.465 e. The second-order valence-electron chi connectivity index (χ2n) is 6.32. The van der Waals surface area contributed by atoms with E-state index in [-0.39, 0.29) is 17.0 Å². The molecule has 1 aromatic heterocycles. The third-order valence-corrected chi connectivity index (χ3v) is 4.93. The van der Waals surface area contributed by atoms with Crippen molar-refractivity contribution in [3.63, 3.8) is 0 Å². The van der Waals surface area contributed by atoms with Crippen LogP contribution in [0.5, 0.6) is 0 Å². The van der Waals surface area contributed by atoms with Crippen LogP contribution in [0.1, 0.15) is 16.1 Å². The van der Waals surface area contributed by atoms with Gasteiger partial charge in [0.2, 0.25) is 0 Å². The van der Waals surface area contributed by atoms with E-state index < -0.39 is 16.8 Å². The molecule has 3 rings (SSSR count). The first kappa shape index (κ1) is 22.5. The number of benzene rings is 2. The summed E-state index contributed by atoms with van der Waals surface area (Å²) in [5, 5.41) is 22.8. The number of anilines is 1. The molecule has 0 spiro atoms. The van der Waals surface area contributed by atoms with Gasteiger partial charge in [0.25, 0.3) is 11.6 Å². The van der Waals surface area contributed by atoms with Gasteiger partial charge in [-0.3, -0.25) is 14.9 Å². The van der Waals surface area contributed by atoms with Crippen molar-refractivity contribution >= 4 is 45.3 Å². The van der Waals surface area contributed by atoms with Crippen molar-refractivity contribution in [2.75, 3.05) is 12.4 Å². The molecule has 0 radical (unpaired) electrons. The minimum atomic E-state index is -0.659. The Labute approximate surface area is 190 Å². The lowest BCUT2D eigenvalue weighted by Gasteiger charge is -2.05. The molecule has 0 atom stereocenters. The van der Waals surface area contributed by atoms with Gasteiger partial charge in [-0.25, -0.2) is 4.79 Å². The number of nitro benzene ring substituents is 1. The number of hydrogen-bond donors (Lipinski definition) is 1. The van der Waals surface area contributed by atoms with Crippen LogP contribution in [0.15, 0.2) is 69.1 Å². The van der Waals surface area contributed by atoms with Crippen LogP contribution in [0.3, 0.4) is 0 Å². The van der Waals surface area contributed by atoms with Gasteiger partial charge in [0.05, 0.1) is 17.6 Å². The van der Waals surface area contributed by atoms with Crippen molar-refractivity contribution in [2.24, 2.45) is 0 Å². The summed E-state index contributed by atoms with van der Waals surface area (Å²) in [4.78, 5) is 34.3. The van der Waals surface area contributed by atoms with E-state index in [0.717, 1.165) is 0 Å². The first-order chi connectivity index (χ1) is 15.3. The topological polar surface area (TPSA) is 135 Å². The largest absolute Gasteiger partial charge is 0.465 e. The van der Waals surface area contributed by atoms with Gasteiger partial charge < -0.3 is 14.5 Å². The van der Waals surface area contributed by atoms with E-state index in [0.29, 0.717) is 27.0 Å². The first-order valence-corrected chi connectivity index (χ1v) is 9.77. The minimum absolute atomic E-state index is 0.0737. The van der Waals surface area contributed by atoms with Gasteiger partial charge >= 0.3 is 5.97 Å². The predicted octanol–water partition coefficient (Wildman–Crippen LogP) is 4.95. The highest BCUT2D eigenvalue weighted by Gasteiger charge is 2.15. The third kappa shape index (κ3) is 5.08. The van der Waals surface area contributed by atoms with Crippen molar-refractivity contribution in [3.05, 3.63) is 86.1 Å². The zero-order valence-corrected chi connectivity index (χ0v) is 18.1. The van der Waals surface area contributed by atoms with E-state index in [4.69, 9.17) is 4.42 Å². The van der Waals surface area contributed by atoms with Crippen LogP contribution < -0.4 is 5.32 Å². The maximum atomic E-state index is 12.4. The molecule has 0 aliphatic carbocycles. The molecule has 0 unspecified atom stereocenters. The first-order valence-electron chi connectivity index (χ1n) is 8.98. The van der Waals surface area contributed by atoms with Gasteiger partial charge in [-0.15, -0.1) is 0 Å². The summed E-state index contributed by atoms with van der Waals surface area (Å²) >= 11 is 3.28. The SMILES string of the molecule is COC(=O)c1ccc(NC(=O)/C(C#N)=C/c2ccc(-c3ccc([N+](=O)[O-])cc3Br)o2)cc1. The lowest BCUT2D eigenvalue weighted by molar-refractivity contribution is -0.384. The number of nitro groups is 1. The molecule has 0 aliphatic rings. The molecule has 0 fully saturated rings. The van der Waals surface area contributed by atoms with E-state index in [1.54, 1.807) is 12.1 Å². The monoisotopic (exact) mass is 495 g/mol. The number of esters is 1. The molecular formula is C22H14BrN3O6. The summed E-state index contributed by atoms with van der Waals surface area (Å²) < 4.78 is 10.8. The van der Waals surface area contributed by atoms with Gasteiger partial charge in [-0.2, -0.15) is 5.26 Å². The molecule has 1 heterocycles. The molecule has 2 aromatic carbocycles. The molecule has 0 bridgehead atoms. The maximum Gasteiger partial charge on any atom is 0.337 e. The fourth-order valence-electron chi connectivity index (χ4n) is 2.69. The van der Waals surface area contributed by atoms with E-state index in [2.05, 4.69) is 26.0 Å². The van der Waals surface area contributed by atoms with Crippen molar-refractivity contribution in [1.29, 1.82) is 5.26 Å². The summed E-state index contributed by atoms with van der Waals surface area (Å²) in [6.45, 7) is 0. The molecule has 9 nitrogen and oxygen atoms in total. The molecule has 0 saturated carbocycles. The van der Waals surface area contributed by atoms with Crippen molar-refractivity contribution in [3.8, 4) is 17.4 Å². The number of nitriles is 1. The summed E-state index contributed by atoms with van der Waals surface area (Å²) in [6, 6.07) is 15.2. The lowest BCUT2D eigenvalue weighted by Crippen LogP contribution is -2.13. The number of amides is 1. The van der Waals surface area contributed by atoms with Crippen molar-refractivity contribution < 1.29 is 23.7 Å². The molecular weight excluding hydrogens is 482 g/mol. The summed E-state index contributed by atoms with van der Waals surface area (Å²) in [5.74, 6) is -0.520. The number of hydrogen-bond acceptors (Lipinski definition) is 7. The van der Waals surface area contributed by atoms with Crippen LogP contribution in [-0.4, -0.2) is 23.9 Å². The van der Waals surface area contributed by atoms with Crippen LogP contribution in [0.25, 0.3) is 17.4 Å². The van der Waals surface area contributed by atoms with Gasteiger partial charge in [-0.1, -0.05) is 0 Å². The van der Waals surface area contributed by atoms with E-state index >= 15 is 0 Å². The van der Waals surface area contributed by atoms with Crippen molar-refractivity contribution in [1.82, 2.24) is 0 Å². The Morgan fingerprint density at radius 2 is 1.91 bits per heavy atom. The van der Waals surface area contributed by atoms with Gasteiger partial charge in [-0.05, 0) is 58.4 Å². The molecule has 10 heteroatoms. The van der Waals surface area contributed by atoms with Crippen LogP contribution in [-0.2, 0) is 9.53 Å². The Kier molecular flexibility index (Phi) is 6.82. The molecule has 0 saturated heterocycles. The smallest absolute Gasteiger partial charge is 0.337 e. The van der Waals surface area contributed by atoms with Crippen LogP contribution >= 0.6 is 15.9 Å². The average molecular weight is 496 g/mol. The Morgan fingerprint density at radius 3 is 2.50 bits per heavy atom. The number of furan rings is 1. The fraction of sp³-hybridized carbons (Fsp3) is 0.0455. The zero-order valence-electron chi connectivity index (χ0n) is 16.5. The van der Waals surface area contributed by atoms with Crippen LogP contribution in [0, 0.1) is 21.4 Å². The molecule has 1 N–H and O–H groups in total. The summed E-state index contributed by atoms with van der Waals surface area (Å²) in [6.07, 6.45) is 1.28. The molecule has 3 aromatic rings. The zero-order chi connectivity index (χ0) is 23.3. The lowest BCUT2D eigenvalue weighted by atomic mass is 10.1. The predicted molar refractivity (Wildman–Crippen MR) is 118 cm³/mol. The number of ether oxygens (including phenoxy) is 1. The number of nitrogens with one attached hydrogen (secondary N) is 1. The van der Waals surface area contributed by atoms with Gasteiger partial charge in [0, 0.05) is 33.9 Å². The normalized spacial score (nSPS) is 10.8. The average Bonchev–Trinajstić information content (AvgIpc) is 3.25. The van der Waals surface area contributed by atoms with Crippen LogP contribution in [0.2, 0.25) is 0 Å². The Balaban J connectivity index is 1.78. The van der Waals surface area contributed by atoms with Gasteiger partial charge in [0.15, 0.2) is 0 Å². The third-order valence-electron chi connectivity index (χ3n) is 4.27. The number of methoxy groups -OCH3 is 1. The standard InChI is InChI=1S/C22H14BrN3O6/c1-31-22(28)13-2-4-15(5-3-13)25-21(27)14(12-24)10-17-7-9-20(32-17)18-8-6-16(26(29)30)11-19(18)23/h2-11H,1H3,(H,25,27)/b14-10+. The number of non-ortho nitro benzene ring substituents is 1. The molecule has 1 amide bonds. The number of carbonyl (C=O) groups is 2. The van der Waals surface area contributed by atoms with Crippen molar-refractivity contribution in [2.45, 2.75) is 0 Å². The van der Waals surface area contributed by atoms with E-state index in [1.165, 1.54) is 55.7 Å². The number of halogens is 1. The number of nitrogens with zero attached hydrogens (tertiary/aromatic N) is 2. The fourth-order valence-corrected chi connectivity index (χ4v) is 3.25. The summed E-state index contributed by atoms with van der Waals surface area (Å²) in [5.41, 5.74) is 1.01. The van der Waals surface area contributed by atoms with Gasteiger partial charge in [0.1, 0.15) is 23.2 Å². The quantitative estimate of drug-likeness (QED) is 0.168. The molecule has 32 heavy (non-hydrogen) atoms. The Bertz CT molecular complexity index is 1270. The van der Waals surface area contributed by atoms with E-state index in [1.807, 2.05) is 6.07 Å². The second kappa shape index (κ2) is 9.72. The highest BCUT2D eigenvalue weighted by atomic mass is 79.9. The highest BCUT2D eigenvalue weighted by Crippen LogP contribution is 2.33. The number of rotatable bonds is 6. The maximum absolute atomic E-state index is 12.4. The number of carbonyl (C=O) groups excluding carboxylic acids is 2. The summed E-state index contributed by atoms with van der Waals surface area (Å²) in [7, 11) is 1.27. The molecule has 160 valence electrons. The van der Waals surface area contributed by atoms with Crippen LogP contribution in [0.4, 0.5) is 11.4 Å². The molecule has 0 aliphatic heterocycles.